The van der Waals surface area contributed by atoms with Crippen LogP contribution in [-0.4, -0.2) is 35.6 Å². The van der Waals surface area contributed by atoms with Gasteiger partial charge in [0.2, 0.25) is 0 Å². The van der Waals surface area contributed by atoms with Gasteiger partial charge in [0, 0.05) is 0 Å². The van der Waals surface area contributed by atoms with Gasteiger partial charge < -0.3 is 10.0 Å². The molecule has 1 aliphatic rings. The van der Waals surface area contributed by atoms with Gasteiger partial charge in [-0.15, -0.1) is 0 Å². The average molecular weight is 255 g/mol. The molecule has 0 aromatic rings. The quantitative estimate of drug-likeness (QED) is 0.818. The van der Waals surface area contributed by atoms with E-state index in [1.54, 1.807) is 0 Å². The van der Waals surface area contributed by atoms with E-state index in [0.717, 1.165) is 38.9 Å². The predicted molar refractivity (Wildman–Crippen MR) is 74.7 cm³/mol. The molecule has 3 nitrogen and oxygen atoms in total. The van der Waals surface area contributed by atoms with Gasteiger partial charge in [-0.05, 0) is 57.2 Å². The molecule has 106 valence electrons. The van der Waals surface area contributed by atoms with Crippen LogP contribution < -0.4 is 0 Å². The van der Waals surface area contributed by atoms with Crippen LogP contribution >= 0.6 is 0 Å². The molecule has 0 aliphatic carbocycles. The van der Waals surface area contributed by atoms with E-state index in [2.05, 4.69) is 25.7 Å². The molecule has 0 radical (unpaired) electrons. The van der Waals surface area contributed by atoms with Crippen molar-refractivity contribution in [2.24, 2.45) is 10.8 Å². The Morgan fingerprint density at radius 2 is 1.83 bits per heavy atom. The van der Waals surface area contributed by atoms with Crippen LogP contribution in [0.3, 0.4) is 0 Å². The number of carboxylic acids is 1. The van der Waals surface area contributed by atoms with E-state index in [1.807, 2.05) is 6.92 Å². The summed E-state index contributed by atoms with van der Waals surface area (Å²) in [6.45, 7) is 11.8. The number of nitrogens with zero attached hydrogens (tertiary/aromatic N) is 1. The molecule has 0 unspecified atom stereocenters. The Labute approximate surface area is 112 Å². The Hall–Kier alpha value is -0.570. The van der Waals surface area contributed by atoms with Crippen LogP contribution in [-0.2, 0) is 4.79 Å². The third kappa shape index (κ3) is 4.27. The molecule has 1 fully saturated rings. The summed E-state index contributed by atoms with van der Waals surface area (Å²) in [4.78, 5) is 13.8. The second-order valence-electron chi connectivity index (χ2n) is 6.94. The van der Waals surface area contributed by atoms with Crippen molar-refractivity contribution in [2.75, 3.05) is 19.6 Å². The maximum Gasteiger partial charge on any atom is 0.309 e. The normalized spacial score (nSPS) is 20.9. The summed E-state index contributed by atoms with van der Waals surface area (Å²) in [7, 11) is 0. The SMILES string of the molecule is CCC1(C(=O)O)CCN(CCCC(C)(C)C)CC1. The minimum atomic E-state index is -0.598. The van der Waals surface area contributed by atoms with Crippen molar-refractivity contribution in [1.82, 2.24) is 4.90 Å². The number of rotatable bonds is 5. The summed E-state index contributed by atoms with van der Waals surface area (Å²) < 4.78 is 0. The first kappa shape index (κ1) is 15.5. The van der Waals surface area contributed by atoms with E-state index >= 15 is 0 Å². The maximum absolute atomic E-state index is 11.3. The highest BCUT2D eigenvalue weighted by Crippen LogP contribution is 2.35. The van der Waals surface area contributed by atoms with Crippen molar-refractivity contribution in [1.29, 1.82) is 0 Å². The van der Waals surface area contributed by atoms with Crippen LogP contribution in [0, 0.1) is 10.8 Å². The summed E-state index contributed by atoms with van der Waals surface area (Å²) in [5, 5.41) is 9.34. The number of aliphatic carboxylic acids is 1. The molecule has 0 spiro atoms. The van der Waals surface area contributed by atoms with Crippen LogP contribution in [0.15, 0.2) is 0 Å². The summed E-state index contributed by atoms with van der Waals surface area (Å²) in [5.41, 5.74) is -0.0371. The fourth-order valence-corrected chi connectivity index (χ4v) is 2.76. The predicted octanol–water partition coefficient (Wildman–Crippen LogP) is 3.39. The lowest BCUT2D eigenvalue weighted by Crippen LogP contribution is -2.44. The summed E-state index contributed by atoms with van der Waals surface area (Å²) >= 11 is 0. The van der Waals surface area contributed by atoms with E-state index in [-0.39, 0.29) is 0 Å². The van der Waals surface area contributed by atoms with Crippen molar-refractivity contribution >= 4 is 5.97 Å². The summed E-state index contributed by atoms with van der Waals surface area (Å²) in [6.07, 6.45) is 4.85. The van der Waals surface area contributed by atoms with E-state index < -0.39 is 11.4 Å². The van der Waals surface area contributed by atoms with Gasteiger partial charge >= 0.3 is 5.97 Å². The third-order valence-electron chi connectivity index (χ3n) is 4.34. The Kier molecular flexibility index (Phi) is 5.20. The fraction of sp³-hybridized carbons (Fsp3) is 0.933. The Morgan fingerprint density at radius 1 is 1.28 bits per heavy atom. The lowest BCUT2D eigenvalue weighted by atomic mass is 9.76. The number of carboxylic acid groups (broad SMARTS) is 1. The van der Waals surface area contributed by atoms with Crippen LogP contribution in [0.1, 0.15) is 59.8 Å². The van der Waals surface area contributed by atoms with Crippen molar-refractivity contribution in [3.8, 4) is 0 Å². The standard InChI is InChI=1S/C15H29NO2/c1-5-15(13(17)18)8-11-16(12-9-15)10-6-7-14(2,3)4/h5-12H2,1-4H3,(H,17,18). The highest BCUT2D eigenvalue weighted by atomic mass is 16.4. The van der Waals surface area contributed by atoms with Crippen molar-refractivity contribution in [2.45, 2.75) is 59.8 Å². The molecule has 1 N–H and O–H groups in total. The van der Waals surface area contributed by atoms with E-state index in [0.29, 0.717) is 5.41 Å². The molecule has 1 heterocycles. The van der Waals surface area contributed by atoms with Gasteiger partial charge in [0.15, 0.2) is 0 Å². The molecule has 0 aromatic carbocycles. The van der Waals surface area contributed by atoms with Gasteiger partial charge in [-0.1, -0.05) is 27.7 Å². The lowest BCUT2D eigenvalue weighted by molar-refractivity contribution is -0.152. The number of likely N-dealkylation sites (tertiary alicyclic amines) is 1. The van der Waals surface area contributed by atoms with Crippen molar-refractivity contribution in [3.63, 3.8) is 0 Å². The molecular formula is C15H29NO2. The molecule has 0 bridgehead atoms. The average Bonchev–Trinajstić information content (AvgIpc) is 2.28. The maximum atomic E-state index is 11.3. The zero-order valence-corrected chi connectivity index (χ0v) is 12.5. The molecule has 0 saturated carbocycles. The number of hydrogen-bond acceptors (Lipinski definition) is 2. The van der Waals surface area contributed by atoms with Crippen molar-refractivity contribution in [3.05, 3.63) is 0 Å². The summed E-state index contributed by atoms with van der Waals surface area (Å²) in [6, 6.07) is 0. The number of carbonyl (C=O) groups is 1. The monoisotopic (exact) mass is 255 g/mol. The molecule has 3 heteroatoms. The van der Waals surface area contributed by atoms with E-state index in [4.69, 9.17) is 0 Å². The second-order valence-corrected chi connectivity index (χ2v) is 6.94. The van der Waals surface area contributed by atoms with Crippen LogP contribution in [0.4, 0.5) is 0 Å². The van der Waals surface area contributed by atoms with E-state index in [1.165, 1.54) is 12.8 Å². The molecule has 0 amide bonds. The molecule has 0 atom stereocenters. The minimum Gasteiger partial charge on any atom is -0.481 e. The second kappa shape index (κ2) is 6.05. The van der Waals surface area contributed by atoms with Crippen molar-refractivity contribution < 1.29 is 9.90 Å². The summed E-state index contributed by atoms with van der Waals surface area (Å²) in [5.74, 6) is -0.598. The van der Waals surface area contributed by atoms with Gasteiger partial charge in [0.05, 0.1) is 5.41 Å². The molecule has 18 heavy (non-hydrogen) atoms. The lowest BCUT2D eigenvalue weighted by Gasteiger charge is -2.38. The van der Waals surface area contributed by atoms with E-state index in [9.17, 15) is 9.90 Å². The molecule has 1 aliphatic heterocycles. The van der Waals surface area contributed by atoms with Crippen LogP contribution in [0.5, 0.6) is 0 Å². The highest BCUT2D eigenvalue weighted by molar-refractivity contribution is 5.74. The Balaban J connectivity index is 2.33. The van der Waals surface area contributed by atoms with Crippen LogP contribution in [0.2, 0.25) is 0 Å². The smallest absolute Gasteiger partial charge is 0.309 e. The molecule has 0 aromatic heterocycles. The Bertz CT molecular complexity index is 273. The number of piperidine rings is 1. The minimum absolute atomic E-state index is 0.407. The van der Waals surface area contributed by atoms with Gasteiger partial charge in [0.1, 0.15) is 0 Å². The first-order valence-corrected chi connectivity index (χ1v) is 7.25. The molecule has 1 saturated heterocycles. The largest absolute Gasteiger partial charge is 0.481 e. The molecular weight excluding hydrogens is 226 g/mol. The fourth-order valence-electron chi connectivity index (χ4n) is 2.76. The highest BCUT2D eigenvalue weighted by Gasteiger charge is 2.39. The van der Waals surface area contributed by atoms with Gasteiger partial charge in [-0.2, -0.15) is 0 Å². The van der Waals surface area contributed by atoms with Gasteiger partial charge in [-0.25, -0.2) is 0 Å². The first-order chi connectivity index (χ1) is 8.29. The number of hydrogen-bond donors (Lipinski definition) is 1. The third-order valence-corrected chi connectivity index (χ3v) is 4.34. The van der Waals surface area contributed by atoms with Gasteiger partial charge in [-0.3, -0.25) is 4.79 Å². The zero-order chi connectivity index (χ0) is 13.8. The first-order valence-electron chi connectivity index (χ1n) is 7.25. The van der Waals surface area contributed by atoms with Gasteiger partial charge in [0.25, 0.3) is 0 Å². The Morgan fingerprint density at radius 3 is 2.22 bits per heavy atom. The topological polar surface area (TPSA) is 40.5 Å². The zero-order valence-electron chi connectivity index (χ0n) is 12.5. The van der Waals surface area contributed by atoms with Crippen LogP contribution in [0.25, 0.3) is 0 Å². The molecule has 1 rings (SSSR count).